The zero-order valence-corrected chi connectivity index (χ0v) is 21.8. The molecule has 2 heterocycles. The molecule has 186 valence electrons. The van der Waals surface area contributed by atoms with Crippen LogP contribution in [-0.2, 0) is 23.9 Å². The molecule has 2 aromatic carbocycles. The summed E-state index contributed by atoms with van der Waals surface area (Å²) in [5.74, 6) is 0.473. The lowest BCUT2D eigenvalue weighted by Gasteiger charge is -2.08. The fraction of sp³-hybridized carbons (Fsp3) is 0.167. The van der Waals surface area contributed by atoms with Crippen molar-refractivity contribution in [2.45, 2.75) is 24.3 Å². The number of amides is 1. The molecule has 4 aromatic rings. The molecule has 0 fully saturated rings. The number of anilines is 1. The minimum absolute atomic E-state index is 0.0815. The topological polar surface area (TPSA) is 72.7 Å². The first kappa shape index (κ1) is 26.1. The van der Waals surface area contributed by atoms with Gasteiger partial charge in [0.1, 0.15) is 0 Å². The number of alkyl halides is 3. The predicted octanol–water partition coefficient (Wildman–Crippen LogP) is 6.69. The standard InChI is InChI=1S/C24H19BrF3N5OS2/c1-2-10-33-21(16-6-8-18(25)9-7-16)31-32-23(33)35-14-20(34)30-22-29-13-19(36-22)12-15-4-3-5-17(11-15)24(26,27)28/h2-9,11,13H,1,10,12,14H2,(H,29,30,34). The highest BCUT2D eigenvalue weighted by Crippen LogP contribution is 2.31. The highest BCUT2D eigenvalue weighted by molar-refractivity contribution is 9.10. The van der Waals surface area contributed by atoms with Gasteiger partial charge in [-0.15, -0.1) is 28.1 Å². The van der Waals surface area contributed by atoms with Gasteiger partial charge in [-0.3, -0.25) is 9.36 Å². The molecule has 4 rings (SSSR count). The van der Waals surface area contributed by atoms with Crippen LogP contribution in [0.4, 0.5) is 18.3 Å². The Hall–Kier alpha value is -2.96. The maximum atomic E-state index is 12.9. The zero-order chi connectivity index (χ0) is 25.7. The molecule has 0 bridgehead atoms. The van der Waals surface area contributed by atoms with Gasteiger partial charge in [-0.25, -0.2) is 4.98 Å². The highest BCUT2D eigenvalue weighted by atomic mass is 79.9. The van der Waals surface area contributed by atoms with E-state index >= 15 is 0 Å². The number of aromatic nitrogens is 4. The van der Waals surface area contributed by atoms with Gasteiger partial charge in [-0.1, -0.05) is 64.1 Å². The number of carbonyl (C=O) groups is 1. The SMILES string of the molecule is C=CCn1c(SCC(=O)Nc2ncc(Cc3cccc(C(F)(F)F)c3)s2)nnc1-c1ccc(Br)cc1. The number of rotatable bonds is 9. The van der Waals surface area contributed by atoms with Gasteiger partial charge in [0.15, 0.2) is 16.1 Å². The van der Waals surface area contributed by atoms with Gasteiger partial charge in [-0.2, -0.15) is 13.2 Å². The Balaban J connectivity index is 1.37. The zero-order valence-electron chi connectivity index (χ0n) is 18.6. The first-order valence-corrected chi connectivity index (χ1v) is 13.2. The minimum atomic E-state index is -4.39. The Morgan fingerprint density at radius 1 is 1.19 bits per heavy atom. The lowest BCUT2D eigenvalue weighted by atomic mass is 10.1. The largest absolute Gasteiger partial charge is 0.416 e. The molecule has 0 radical (unpaired) electrons. The van der Waals surface area contributed by atoms with Crippen molar-refractivity contribution in [1.82, 2.24) is 19.7 Å². The molecule has 0 saturated carbocycles. The van der Waals surface area contributed by atoms with E-state index in [1.165, 1.54) is 29.2 Å². The number of thioether (sulfide) groups is 1. The molecule has 0 atom stereocenters. The summed E-state index contributed by atoms with van der Waals surface area (Å²) >= 11 is 5.87. The molecule has 0 saturated heterocycles. The van der Waals surface area contributed by atoms with Crippen LogP contribution in [-0.4, -0.2) is 31.4 Å². The second kappa shape index (κ2) is 11.4. The van der Waals surface area contributed by atoms with Crippen LogP contribution in [0, 0.1) is 0 Å². The second-order valence-corrected chi connectivity index (χ2v) is 10.5. The third-order valence-corrected chi connectivity index (χ3v) is 7.30. The molecular weight excluding hydrogens is 575 g/mol. The molecule has 0 spiro atoms. The summed E-state index contributed by atoms with van der Waals surface area (Å²) in [5, 5.41) is 12.2. The summed E-state index contributed by atoms with van der Waals surface area (Å²) in [6.07, 6.45) is -0.818. The van der Waals surface area contributed by atoms with Crippen LogP contribution in [0.5, 0.6) is 0 Å². The Bertz CT molecular complexity index is 1370. The summed E-state index contributed by atoms with van der Waals surface area (Å²) in [6, 6.07) is 12.9. The van der Waals surface area contributed by atoms with E-state index in [0.717, 1.165) is 27.0 Å². The van der Waals surface area contributed by atoms with Crippen LogP contribution in [0.25, 0.3) is 11.4 Å². The molecular formula is C24H19BrF3N5OS2. The first-order valence-electron chi connectivity index (χ1n) is 10.6. The fourth-order valence-electron chi connectivity index (χ4n) is 3.29. The van der Waals surface area contributed by atoms with Crippen LogP contribution in [0.2, 0.25) is 0 Å². The number of hydrogen-bond donors (Lipinski definition) is 1. The van der Waals surface area contributed by atoms with Gasteiger partial charge in [-0.05, 0) is 23.8 Å². The van der Waals surface area contributed by atoms with E-state index in [-0.39, 0.29) is 18.1 Å². The lowest BCUT2D eigenvalue weighted by Crippen LogP contribution is -2.14. The summed E-state index contributed by atoms with van der Waals surface area (Å²) in [7, 11) is 0. The Morgan fingerprint density at radius 2 is 1.97 bits per heavy atom. The minimum Gasteiger partial charge on any atom is -0.301 e. The number of nitrogens with zero attached hydrogens (tertiary/aromatic N) is 4. The van der Waals surface area contributed by atoms with Crippen LogP contribution in [0.1, 0.15) is 16.0 Å². The van der Waals surface area contributed by atoms with E-state index in [9.17, 15) is 18.0 Å². The average Bonchev–Trinajstić information content (AvgIpc) is 3.45. The average molecular weight is 594 g/mol. The number of allylic oxidation sites excluding steroid dienone is 1. The molecule has 2 aromatic heterocycles. The molecule has 0 aliphatic rings. The number of hydrogen-bond acceptors (Lipinski definition) is 6. The summed E-state index contributed by atoms with van der Waals surface area (Å²) in [5.41, 5.74) is 0.715. The molecule has 1 N–H and O–H groups in total. The molecule has 0 aliphatic heterocycles. The van der Waals surface area contributed by atoms with E-state index in [1.54, 1.807) is 18.3 Å². The van der Waals surface area contributed by atoms with Gasteiger partial charge in [0.25, 0.3) is 0 Å². The summed E-state index contributed by atoms with van der Waals surface area (Å²) in [4.78, 5) is 17.4. The molecule has 0 unspecified atom stereocenters. The van der Waals surface area contributed by atoms with Crippen molar-refractivity contribution in [3.05, 3.63) is 87.9 Å². The first-order chi connectivity index (χ1) is 17.2. The maximum absolute atomic E-state index is 12.9. The van der Waals surface area contributed by atoms with Crippen LogP contribution in [0.3, 0.4) is 0 Å². The van der Waals surface area contributed by atoms with Gasteiger partial charge < -0.3 is 5.32 Å². The van der Waals surface area contributed by atoms with Gasteiger partial charge in [0, 0.05) is 34.1 Å². The molecule has 0 aliphatic carbocycles. The summed E-state index contributed by atoms with van der Waals surface area (Å²) < 4.78 is 41.7. The van der Waals surface area contributed by atoms with E-state index in [2.05, 4.69) is 43.0 Å². The van der Waals surface area contributed by atoms with Crippen LogP contribution >= 0.6 is 39.0 Å². The highest BCUT2D eigenvalue weighted by Gasteiger charge is 2.30. The number of benzene rings is 2. The normalized spacial score (nSPS) is 11.4. The van der Waals surface area contributed by atoms with E-state index in [1.807, 2.05) is 28.8 Å². The molecule has 1 amide bonds. The Labute approximate surface area is 221 Å². The van der Waals surface area contributed by atoms with Crippen molar-refractivity contribution in [2.24, 2.45) is 0 Å². The maximum Gasteiger partial charge on any atom is 0.416 e. The van der Waals surface area contributed by atoms with Crippen molar-refractivity contribution >= 4 is 50.1 Å². The van der Waals surface area contributed by atoms with Crippen LogP contribution < -0.4 is 5.32 Å². The molecule has 36 heavy (non-hydrogen) atoms. The lowest BCUT2D eigenvalue weighted by molar-refractivity contribution is -0.137. The van der Waals surface area contributed by atoms with Gasteiger partial charge in [0.05, 0.1) is 11.3 Å². The Morgan fingerprint density at radius 3 is 2.69 bits per heavy atom. The van der Waals surface area contributed by atoms with Crippen LogP contribution in [0.15, 0.2) is 77.0 Å². The third-order valence-electron chi connectivity index (χ3n) is 4.90. The Kier molecular flexibility index (Phi) is 8.27. The quantitative estimate of drug-likeness (QED) is 0.173. The van der Waals surface area contributed by atoms with Crippen molar-refractivity contribution < 1.29 is 18.0 Å². The fourth-order valence-corrected chi connectivity index (χ4v) is 5.17. The van der Waals surface area contributed by atoms with Crippen molar-refractivity contribution in [2.75, 3.05) is 11.1 Å². The third kappa shape index (κ3) is 6.62. The van der Waals surface area contributed by atoms with E-state index in [4.69, 9.17) is 0 Å². The van der Waals surface area contributed by atoms with Gasteiger partial charge in [0.2, 0.25) is 5.91 Å². The smallest absolute Gasteiger partial charge is 0.301 e. The summed E-state index contributed by atoms with van der Waals surface area (Å²) in [6.45, 7) is 4.27. The van der Waals surface area contributed by atoms with Crippen molar-refractivity contribution in [3.63, 3.8) is 0 Å². The number of thiazole rings is 1. The molecule has 12 heteroatoms. The number of halogens is 4. The molecule has 6 nitrogen and oxygen atoms in total. The van der Waals surface area contributed by atoms with Gasteiger partial charge >= 0.3 is 6.18 Å². The van der Waals surface area contributed by atoms with Crippen molar-refractivity contribution in [3.8, 4) is 11.4 Å². The monoisotopic (exact) mass is 593 g/mol. The van der Waals surface area contributed by atoms with Crippen molar-refractivity contribution in [1.29, 1.82) is 0 Å². The number of carbonyl (C=O) groups excluding carboxylic acids is 1. The number of nitrogens with one attached hydrogen (secondary N) is 1. The second-order valence-electron chi connectivity index (χ2n) is 7.56. The van der Waals surface area contributed by atoms with E-state index in [0.29, 0.717) is 28.2 Å². The van der Waals surface area contributed by atoms with E-state index < -0.39 is 11.7 Å². The predicted molar refractivity (Wildman–Crippen MR) is 139 cm³/mol.